The molecule has 3 rings (SSSR count). The number of fused-ring (bicyclic) bond motifs is 1. The van der Waals surface area contributed by atoms with Crippen molar-refractivity contribution >= 4 is 28.5 Å². The number of carbonyl (C=O) groups is 1. The van der Waals surface area contributed by atoms with Gasteiger partial charge in [0.25, 0.3) is 5.91 Å². The van der Waals surface area contributed by atoms with E-state index in [1.807, 2.05) is 6.07 Å². The maximum absolute atomic E-state index is 12.2. The summed E-state index contributed by atoms with van der Waals surface area (Å²) in [6.07, 6.45) is -0.826. The molecule has 0 spiro atoms. The Kier molecular flexibility index (Phi) is 4.74. The molecule has 0 aliphatic heterocycles. The Morgan fingerprint density at radius 3 is 2.71 bits per heavy atom. The highest BCUT2D eigenvalue weighted by Crippen LogP contribution is 2.26. The number of methoxy groups -OCH3 is 1. The Bertz CT molecular complexity index is 857. The van der Waals surface area contributed by atoms with Crippen LogP contribution in [-0.4, -0.2) is 24.7 Å². The number of furan rings is 1. The first kappa shape index (κ1) is 16.4. The van der Waals surface area contributed by atoms with E-state index in [-0.39, 0.29) is 12.3 Å². The predicted molar refractivity (Wildman–Crippen MR) is 91.5 cm³/mol. The van der Waals surface area contributed by atoms with Gasteiger partial charge in [-0.2, -0.15) is 0 Å². The predicted octanol–water partition coefficient (Wildman–Crippen LogP) is 3.56. The van der Waals surface area contributed by atoms with Crippen LogP contribution in [-0.2, 0) is 0 Å². The molecule has 6 heteroatoms. The molecule has 0 bridgehead atoms. The second-order valence-corrected chi connectivity index (χ2v) is 5.68. The van der Waals surface area contributed by atoms with Gasteiger partial charge >= 0.3 is 0 Å². The number of benzene rings is 2. The molecule has 5 nitrogen and oxygen atoms in total. The minimum absolute atomic E-state index is 0.0654. The third-order valence-electron chi connectivity index (χ3n) is 3.68. The summed E-state index contributed by atoms with van der Waals surface area (Å²) in [5.74, 6) is 0.448. The van der Waals surface area contributed by atoms with Gasteiger partial charge in [-0.15, -0.1) is 0 Å². The molecule has 2 N–H and O–H groups in total. The van der Waals surface area contributed by atoms with Crippen LogP contribution in [0.3, 0.4) is 0 Å². The van der Waals surface area contributed by atoms with Crippen molar-refractivity contribution in [1.29, 1.82) is 0 Å². The molecule has 0 fully saturated rings. The van der Waals surface area contributed by atoms with E-state index in [0.717, 1.165) is 5.39 Å². The first-order valence-corrected chi connectivity index (χ1v) is 7.74. The minimum atomic E-state index is -0.826. The number of carbonyl (C=O) groups excluding carboxylic acids is 1. The van der Waals surface area contributed by atoms with Crippen LogP contribution in [0.25, 0.3) is 11.0 Å². The standard InChI is InChI=1S/C18H16ClNO4/c1-23-13-7-5-11(6-8-13)15(21)10-20-18(22)16-9-12-3-2-4-14(19)17(12)24-16/h2-9,15,21H,10H2,1H3,(H,20,22). The zero-order valence-electron chi connectivity index (χ0n) is 13.0. The van der Waals surface area contributed by atoms with E-state index in [4.69, 9.17) is 20.8 Å². The van der Waals surface area contributed by atoms with Crippen molar-refractivity contribution in [2.24, 2.45) is 0 Å². The molecule has 0 aliphatic rings. The van der Waals surface area contributed by atoms with Gasteiger partial charge < -0.3 is 19.6 Å². The third-order valence-corrected chi connectivity index (χ3v) is 3.97. The lowest BCUT2D eigenvalue weighted by atomic mass is 10.1. The molecule has 0 radical (unpaired) electrons. The SMILES string of the molecule is COc1ccc(C(O)CNC(=O)c2cc3cccc(Cl)c3o2)cc1. The molecule has 24 heavy (non-hydrogen) atoms. The summed E-state index contributed by atoms with van der Waals surface area (Å²) in [6.45, 7) is 0.0654. The first-order chi connectivity index (χ1) is 11.6. The summed E-state index contributed by atoms with van der Waals surface area (Å²) in [6, 6.07) is 13.9. The van der Waals surface area contributed by atoms with Gasteiger partial charge in [0, 0.05) is 11.9 Å². The van der Waals surface area contributed by atoms with Crippen molar-refractivity contribution in [2.45, 2.75) is 6.10 Å². The van der Waals surface area contributed by atoms with E-state index in [2.05, 4.69) is 5.32 Å². The Morgan fingerprint density at radius 2 is 2.04 bits per heavy atom. The summed E-state index contributed by atoms with van der Waals surface area (Å²) in [7, 11) is 1.57. The van der Waals surface area contributed by atoms with Crippen LogP contribution < -0.4 is 10.1 Å². The van der Waals surface area contributed by atoms with Gasteiger partial charge in [0.05, 0.1) is 18.2 Å². The summed E-state index contributed by atoms with van der Waals surface area (Å²) in [5.41, 5.74) is 1.16. The Hall–Kier alpha value is -2.50. The number of aliphatic hydroxyl groups excluding tert-OH is 1. The van der Waals surface area contributed by atoms with Crippen LogP contribution in [0.2, 0.25) is 5.02 Å². The molecule has 3 aromatic rings. The molecule has 1 aromatic heterocycles. The van der Waals surface area contributed by atoms with Crippen molar-refractivity contribution in [3.63, 3.8) is 0 Å². The van der Waals surface area contributed by atoms with Gasteiger partial charge in [-0.25, -0.2) is 0 Å². The maximum Gasteiger partial charge on any atom is 0.287 e. The lowest BCUT2D eigenvalue weighted by Crippen LogP contribution is -2.28. The number of hydrogen-bond donors (Lipinski definition) is 2. The van der Waals surface area contributed by atoms with E-state index < -0.39 is 12.0 Å². The summed E-state index contributed by atoms with van der Waals surface area (Å²) >= 11 is 6.03. The maximum atomic E-state index is 12.2. The molecule has 1 unspecified atom stereocenters. The topological polar surface area (TPSA) is 71.7 Å². The molecule has 124 valence electrons. The minimum Gasteiger partial charge on any atom is -0.497 e. The number of para-hydroxylation sites is 1. The number of nitrogens with one attached hydrogen (secondary N) is 1. The third kappa shape index (κ3) is 3.37. The van der Waals surface area contributed by atoms with Crippen LogP contribution in [0.1, 0.15) is 22.2 Å². The molecule has 1 atom stereocenters. The fraction of sp³-hybridized carbons (Fsp3) is 0.167. The largest absolute Gasteiger partial charge is 0.497 e. The number of amides is 1. The van der Waals surface area contributed by atoms with Crippen molar-refractivity contribution in [3.8, 4) is 5.75 Å². The lowest BCUT2D eigenvalue weighted by molar-refractivity contribution is 0.0891. The second-order valence-electron chi connectivity index (χ2n) is 5.27. The van der Waals surface area contributed by atoms with E-state index in [0.29, 0.717) is 21.9 Å². The molecule has 1 heterocycles. The Labute approximate surface area is 143 Å². The fourth-order valence-electron chi connectivity index (χ4n) is 2.36. The normalized spacial score (nSPS) is 12.1. The van der Waals surface area contributed by atoms with Gasteiger partial charge in [-0.05, 0) is 29.8 Å². The molecule has 0 saturated heterocycles. The monoisotopic (exact) mass is 345 g/mol. The summed E-state index contributed by atoms with van der Waals surface area (Å²) < 4.78 is 10.6. The van der Waals surface area contributed by atoms with Gasteiger partial charge in [0.2, 0.25) is 0 Å². The van der Waals surface area contributed by atoms with Crippen molar-refractivity contribution < 1.29 is 19.1 Å². The molecular weight excluding hydrogens is 330 g/mol. The number of halogens is 1. The summed E-state index contributed by atoms with van der Waals surface area (Å²) in [4.78, 5) is 12.2. The van der Waals surface area contributed by atoms with Crippen molar-refractivity contribution in [2.75, 3.05) is 13.7 Å². The van der Waals surface area contributed by atoms with Crippen LogP contribution in [0.4, 0.5) is 0 Å². The van der Waals surface area contributed by atoms with Gasteiger partial charge in [-0.1, -0.05) is 35.9 Å². The highest BCUT2D eigenvalue weighted by atomic mass is 35.5. The quantitative estimate of drug-likeness (QED) is 0.741. The molecule has 0 saturated carbocycles. The van der Waals surface area contributed by atoms with Gasteiger partial charge in [-0.3, -0.25) is 4.79 Å². The van der Waals surface area contributed by atoms with E-state index in [1.54, 1.807) is 49.6 Å². The fourth-order valence-corrected chi connectivity index (χ4v) is 2.58. The Balaban J connectivity index is 1.66. The van der Waals surface area contributed by atoms with E-state index >= 15 is 0 Å². The molecular formula is C18H16ClNO4. The Morgan fingerprint density at radius 1 is 1.29 bits per heavy atom. The van der Waals surface area contributed by atoms with Gasteiger partial charge in [0.1, 0.15) is 5.75 Å². The molecule has 0 aliphatic carbocycles. The van der Waals surface area contributed by atoms with E-state index in [9.17, 15) is 9.90 Å². The smallest absolute Gasteiger partial charge is 0.287 e. The number of rotatable bonds is 5. The average molecular weight is 346 g/mol. The number of ether oxygens (including phenoxy) is 1. The van der Waals surface area contributed by atoms with Crippen molar-refractivity contribution in [1.82, 2.24) is 5.32 Å². The second kappa shape index (κ2) is 6.95. The van der Waals surface area contributed by atoms with Crippen LogP contribution in [0.15, 0.2) is 52.9 Å². The molecule has 2 aromatic carbocycles. The number of hydrogen-bond acceptors (Lipinski definition) is 4. The lowest BCUT2D eigenvalue weighted by Gasteiger charge is -2.12. The zero-order chi connectivity index (χ0) is 17.1. The zero-order valence-corrected chi connectivity index (χ0v) is 13.7. The van der Waals surface area contributed by atoms with Crippen molar-refractivity contribution in [3.05, 3.63) is 64.9 Å². The highest BCUT2D eigenvalue weighted by Gasteiger charge is 2.15. The average Bonchev–Trinajstić information content (AvgIpc) is 3.05. The van der Waals surface area contributed by atoms with Crippen LogP contribution in [0.5, 0.6) is 5.75 Å². The van der Waals surface area contributed by atoms with Crippen LogP contribution in [0, 0.1) is 0 Å². The highest BCUT2D eigenvalue weighted by molar-refractivity contribution is 6.34. The molecule has 1 amide bonds. The number of aliphatic hydroxyl groups is 1. The van der Waals surface area contributed by atoms with E-state index in [1.165, 1.54) is 0 Å². The van der Waals surface area contributed by atoms with Gasteiger partial charge in [0.15, 0.2) is 11.3 Å². The first-order valence-electron chi connectivity index (χ1n) is 7.37. The summed E-state index contributed by atoms with van der Waals surface area (Å²) in [5, 5.41) is 14.0. The van der Waals surface area contributed by atoms with Crippen LogP contribution >= 0.6 is 11.6 Å².